The van der Waals surface area contributed by atoms with Gasteiger partial charge in [-0.2, -0.15) is 21.0 Å². The highest BCUT2D eigenvalue weighted by molar-refractivity contribution is 8.15. The number of unbranched alkanes of at least 4 members (excludes halogenated alkanes) is 28. The molecular formula is C44H82N8O8S4. The van der Waals surface area contributed by atoms with E-state index >= 15 is 0 Å². The molecular weight excluding hydrogens is 897 g/mol. The third-order valence-electron chi connectivity index (χ3n) is 11.9. The molecule has 0 aromatic carbocycles. The molecule has 0 aromatic heterocycles. The molecule has 0 aliphatic carbocycles. The minimum Gasteiger partial charge on any atom is -0.214 e. The number of rotatable bonds is 45. The summed E-state index contributed by atoms with van der Waals surface area (Å²) < 4.78 is 119. The van der Waals surface area contributed by atoms with E-state index < -0.39 is 48.3 Å². The zero-order chi connectivity index (χ0) is 48.1. The standard InChI is InChI=1S/C44H82N8O8S4/c1-43(61(53,54)49-39-31-23-15-7-3-11-19-27-35-45,62(55,56)50-40-32-24-16-8-4-12-20-28-36-46)44(2,63(57,58)51-41-33-25-17-9-5-13-21-29-37-47)64(59,60)52-42-34-26-18-10-6-14-22-30-38-48/h49-52H,3-34,39-42H2,1-2H3. The second-order valence-corrected chi connectivity index (χ2v) is 26.0. The molecule has 0 saturated heterocycles. The van der Waals surface area contributed by atoms with Crippen molar-refractivity contribution in [1.82, 2.24) is 18.9 Å². The third-order valence-corrected chi connectivity index (χ3v) is 23.1. The Kier molecular flexibility index (Phi) is 34.4. The summed E-state index contributed by atoms with van der Waals surface area (Å²) in [4.78, 5) is 0. The molecule has 20 heteroatoms. The van der Waals surface area contributed by atoms with Crippen molar-refractivity contribution in [3.05, 3.63) is 0 Å². The van der Waals surface area contributed by atoms with Gasteiger partial charge in [0.05, 0.1) is 24.3 Å². The summed E-state index contributed by atoms with van der Waals surface area (Å²) in [6.07, 6.45) is 22.2. The summed E-state index contributed by atoms with van der Waals surface area (Å²) in [6, 6.07) is 8.46. The third kappa shape index (κ3) is 22.9. The van der Waals surface area contributed by atoms with Gasteiger partial charge in [0.2, 0.25) is 48.3 Å². The van der Waals surface area contributed by atoms with Crippen molar-refractivity contribution >= 4 is 40.1 Å². The van der Waals surface area contributed by atoms with Gasteiger partial charge < -0.3 is 0 Å². The van der Waals surface area contributed by atoms with Crippen LogP contribution >= 0.6 is 0 Å². The first kappa shape index (κ1) is 61.6. The molecule has 0 aliphatic heterocycles. The monoisotopic (exact) mass is 979 g/mol. The van der Waals surface area contributed by atoms with Crippen molar-refractivity contribution in [3.63, 3.8) is 0 Å². The highest BCUT2D eigenvalue weighted by Crippen LogP contribution is 2.44. The van der Waals surface area contributed by atoms with E-state index in [0.29, 0.717) is 90.9 Å². The van der Waals surface area contributed by atoms with E-state index in [0.717, 1.165) is 128 Å². The predicted molar refractivity (Wildman–Crippen MR) is 255 cm³/mol. The van der Waals surface area contributed by atoms with E-state index in [1.54, 1.807) is 0 Å². The van der Waals surface area contributed by atoms with Crippen LogP contribution in [0.4, 0.5) is 0 Å². The molecule has 16 nitrogen and oxygen atoms in total. The van der Waals surface area contributed by atoms with Crippen LogP contribution in [0.15, 0.2) is 0 Å². The summed E-state index contributed by atoms with van der Waals surface area (Å²) in [5.41, 5.74) is 0. The smallest absolute Gasteiger partial charge is 0.214 e. The van der Waals surface area contributed by atoms with Gasteiger partial charge in [-0.1, -0.05) is 128 Å². The summed E-state index contributed by atoms with van der Waals surface area (Å²) in [5, 5.41) is 35.0. The number of nitrogens with one attached hydrogen (secondary N) is 4. The summed E-state index contributed by atoms with van der Waals surface area (Å²) in [5.74, 6) is 0. The fourth-order valence-electron chi connectivity index (χ4n) is 7.49. The van der Waals surface area contributed by atoms with Crippen LogP contribution in [0.5, 0.6) is 0 Å². The normalized spacial score (nSPS) is 12.7. The second kappa shape index (κ2) is 35.7. The van der Waals surface area contributed by atoms with Gasteiger partial charge in [0, 0.05) is 51.9 Å². The van der Waals surface area contributed by atoms with Crippen molar-refractivity contribution in [1.29, 1.82) is 21.0 Å². The minimum absolute atomic E-state index is 0.250. The molecule has 0 atom stereocenters. The first-order chi connectivity index (χ1) is 30.5. The number of hydrogen-bond acceptors (Lipinski definition) is 12. The average molecular weight is 979 g/mol. The van der Waals surface area contributed by atoms with Gasteiger partial charge in [0.25, 0.3) is 0 Å². The first-order valence-corrected chi connectivity index (χ1v) is 29.9. The Balaban J connectivity index is 6.60. The van der Waals surface area contributed by atoms with E-state index in [-0.39, 0.29) is 26.2 Å². The molecule has 4 N–H and O–H groups in total. The average Bonchev–Trinajstić information content (AvgIpc) is 3.25. The Bertz CT molecular complexity index is 1610. The molecule has 0 heterocycles. The Morgan fingerprint density at radius 1 is 0.281 bits per heavy atom. The Hall–Kier alpha value is -2.40. The predicted octanol–water partition coefficient (Wildman–Crippen LogP) is 8.67. The van der Waals surface area contributed by atoms with Crippen molar-refractivity contribution in [2.24, 2.45) is 0 Å². The molecule has 0 aromatic rings. The zero-order valence-electron chi connectivity index (χ0n) is 39.1. The fraction of sp³-hybridized carbons (Fsp3) is 0.909. The number of nitrogens with zero attached hydrogens (tertiary/aromatic N) is 4. The topological polar surface area (TPSA) is 280 Å². The molecule has 0 unspecified atom stereocenters. The lowest BCUT2D eigenvalue weighted by Gasteiger charge is -2.42. The van der Waals surface area contributed by atoms with Gasteiger partial charge >= 0.3 is 0 Å². The first-order valence-electron chi connectivity index (χ1n) is 23.9. The maximum absolute atomic E-state index is 14.6. The van der Waals surface area contributed by atoms with Crippen LogP contribution in [0.25, 0.3) is 0 Å². The van der Waals surface area contributed by atoms with E-state index in [4.69, 9.17) is 21.0 Å². The molecule has 0 rings (SSSR count). The van der Waals surface area contributed by atoms with Gasteiger partial charge in [-0.25, -0.2) is 52.6 Å². The van der Waals surface area contributed by atoms with Gasteiger partial charge in [-0.05, 0) is 65.2 Å². The number of nitriles is 4. The van der Waals surface area contributed by atoms with Crippen LogP contribution in [0.1, 0.15) is 219 Å². The Morgan fingerprint density at radius 3 is 0.578 bits per heavy atom. The van der Waals surface area contributed by atoms with Crippen LogP contribution < -0.4 is 18.9 Å². The fourth-order valence-corrected chi connectivity index (χ4v) is 17.9. The highest BCUT2D eigenvalue weighted by atomic mass is 32.3. The van der Waals surface area contributed by atoms with Crippen LogP contribution in [0, 0.1) is 45.3 Å². The SMILES string of the molecule is CC(C(C)(S(=O)(=O)NCCCCCCCCCC#N)S(=O)(=O)NCCCCCCCCCC#N)(S(=O)(=O)NCCCCCCCCCC#N)S(=O)(=O)NCCCCCCCCCC#N. The lowest BCUT2D eigenvalue weighted by Crippen LogP contribution is -2.74. The maximum Gasteiger partial charge on any atom is 0.235 e. The van der Waals surface area contributed by atoms with E-state index in [1.165, 1.54) is 0 Å². The van der Waals surface area contributed by atoms with Crippen LogP contribution in [0.3, 0.4) is 0 Å². The Morgan fingerprint density at radius 2 is 0.422 bits per heavy atom. The Labute approximate surface area is 389 Å². The molecule has 0 saturated carbocycles. The van der Waals surface area contributed by atoms with Gasteiger partial charge in [0.15, 0.2) is 0 Å². The molecule has 0 spiro atoms. The van der Waals surface area contributed by atoms with Crippen molar-refractivity contribution < 1.29 is 33.7 Å². The van der Waals surface area contributed by atoms with Crippen LogP contribution in [0.2, 0.25) is 0 Å². The van der Waals surface area contributed by atoms with Gasteiger partial charge in [0.1, 0.15) is 0 Å². The number of hydrogen-bond donors (Lipinski definition) is 4. The van der Waals surface area contributed by atoms with Crippen molar-refractivity contribution in [2.45, 2.75) is 227 Å². The highest BCUT2D eigenvalue weighted by Gasteiger charge is 2.74. The largest absolute Gasteiger partial charge is 0.235 e. The van der Waals surface area contributed by atoms with E-state index in [9.17, 15) is 33.7 Å². The molecule has 0 bridgehead atoms. The van der Waals surface area contributed by atoms with Crippen molar-refractivity contribution in [3.8, 4) is 24.3 Å². The molecule has 0 amide bonds. The molecule has 0 radical (unpaired) electrons. The lowest BCUT2D eigenvalue weighted by molar-refractivity contribution is 0.474. The quantitative estimate of drug-likeness (QED) is 0.0417. The summed E-state index contributed by atoms with van der Waals surface area (Å²) >= 11 is 0. The van der Waals surface area contributed by atoms with Crippen molar-refractivity contribution in [2.75, 3.05) is 26.2 Å². The zero-order valence-corrected chi connectivity index (χ0v) is 42.4. The summed E-state index contributed by atoms with van der Waals surface area (Å²) in [7, 11) is -21.2. The molecule has 370 valence electrons. The lowest BCUT2D eigenvalue weighted by atomic mass is 10.1. The minimum atomic E-state index is -5.31. The van der Waals surface area contributed by atoms with Crippen LogP contribution in [-0.2, 0) is 40.1 Å². The molecule has 0 fully saturated rings. The molecule has 64 heavy (non-hydrogen) atoms. The molecule has 0 aliphatic rings. The number of sulfonamides is 4. The summed E-state index contributed by atoms with van der Waals surface area (Å²) in [6.45, 7) is 0.357. The van der Waals surface area contributed by atoms with Gasteiger partial charge in [-0.15, -0.1) is 0 Å². The second-order valence-electron chi connectivity index (χ2n) is 17.0. The van der Waals surface area contributed by atoms with E-state index in [2.05, 4.69) is 43.2 Å². The van der Waals surface area contributed by atoms with E-state index in [1.807, 2.05) is 0 Å². The van der Waals surface area contributed by atoms with Crippen LogP contribution in [-0.4, -0.2) is 68.0 Å². The van der Waals surface area contributed by atoms with Gasteiger partial charge in [-0.3, -0.25) is 0 Å². The maximum atomic E-state index is 14.6.